The fraction of sp³-hybridized carbons (Fsp3) is 0.235. The third-order valence-electron chi connectivity index (χ3n) is 3.84. The molecule has 1 aliphatic rings. The number of halogens is 4. The lowest BCUT2D eigenvalue weighted by Gasteiger charge is -2.33. The minimum atomic E-state index is -0.575. The van der Waals surface area contributed by atoms with Crippen molar-refractivity contribution in [2.45, 2.75) is 6.10 Å². The maximum atomic E-state index is 13.7. The number of carbonyl (C=O) groups is 1. The van der Waals surface area contributed by atoms with Crippen LogP contribution in [-0.4, -0.2) is 30.5 Å². The molecule has 2 aromatic rings. The van der Waals surface area contributed by atoms with Gasteiger partial charge in [-0.2, -0.15) is 0 Å². The first-order chi connectivity index (χ1) is 11.5. The Bertz CT molecular complexity index is 784. The van der Waals surface area contributed by atoms with Gasteiger partial charge in [-0.05, 0) is 24.3 Å². The number of hydrogen-bond donors (Lipinski definition) is 0. The number of nitrogens with zero attached hydrogens (tertiary/aromatic N) is 1. The third kappa shape index (κ3) is 3.52. The van der Waals surface area contributed by atoms with Crippen LogP contribution in [0.4, 0.5) is 4.39 Å². The Labute approximate surface area is 153 Å². The number of morpholine rings is 1. The van der Waals surface area contributed by atoms with Crippen molar-refractivity contribution >= 4 is 40.7 Å². The van der Waals surface area contributed by atoms with Gasteiger partial charge in [0.2, 0.25) is 0 Å². The first-order valence-electron chi connectivity index (χ1n) is 7.27. The maximum Gasteiger partial charge on any atom is 0.255 e. The zero-order chi connectivity index (χ0) is 17.3. The molecule has 126 valence electrons. The van der Waals surface area contributed by atoms with Crippen LogP contribution in [0.15, 0.2) is 36.4 Å². The Hall–Kier alpha value is -1.33. The van der Waals surface area contributed by atoms with Crippen LogP contribution < -0.4 is 0 Å². The van der Waals surface area contributed by atoms with E-state index in [1.54, 1.807) is 29.2 Å². The van der Waals surface area contributed by atoms with Crippen molar-refractivity contribution in [3.63, 3.8) is 0 Å². The Kier molecular flexibility index (Phi) is 5.30. The average molecular weight is 389 g/mol. The summed E-state index contributed by atoms with van der Waals surface area (Å²) in [5, 5.41) is 0.642. The zero-order valence-electron chi connectivity index (χ0n) is 12.4. The predicted octanol–water partition coefficient (Wildman–Crippen LogP) is 5.00. The first kappa shape index (κ1) is 17.5. The molecule has 24 heavy (non-hydrogen) atoms. The fourth-order valence-corrected chi connectivity index (χ4v) is 3.33. The van der Waals surface area contributed by atoms with E-state index >= 15 is 0 Å². The van der Waals surface area contributed by atoms with Gasteiger partial charge in [0, 0.05) is 17.1 Å². The molecule has 7 heteroatoms. The molecule has 1 aliphatic heterocycles. The highest BCUT2D eigenvalue weighted by atomic mass is 35.5. The summed E-state index contributed by atoms with van der Waals surface area (Å²) in [7, 11) is 0. The first-order valence-corrected chi connectivity index (χ1v) is 8.40. The molecule has 0 saturated carbocycles. The highest BCUT2D eigenvalue weighted by molar-refractivity contribution is 6.35. The van der Waals surface area contributed by atoms with Crippen molar-refractivity contribution in [3.05, 3.63) is 68.4 Å². The van der Waals surface area contributed by atoms with E-state index in [9.17, 15) is 9.18 Å². The smallest absolute Gasteiger partial charge is 0.255 e. The Morgan fingerprint density at radius 2 is 1.88 bits per heavy atom. The number of ether oxygens (including phenoxy) is 1. The Balaban J connectivity index is 1.84. The maximum absolute atomic E-state index is 13.7. The van der Waals surface area contributed by atoms with Crippen molar-refractivity contribution in [1.82, 2.24) is 4.90 Å². The van der Waals surface area contributed by atoms with Gasteiger partial charge in [-0.1, -0.05) is 46.9 Å². The van der Waals surface area contributed by atoms with Gasteiger partial charge < -0.3 is 9.64 Å². The third-order valence-corrected chi connectivity index (χ3v) is 4.79. The molecule has 3 rings (SSSR count). The second-order valence-electron chi connectivity index (χ2n) is 5.38. The van der Waals surface area contributed by atoms with Crippen LogP contribution in [0.1, 0.15) is 22.0 Å². The van der Waals surface area contributed by atoms with Gasteiger partial charge in [0.05, 0.1) is 28.8 Å². The molecule has 0 spiro atoms. The van der Waals surface area contributed by atoms with Gasteiger partial charge in [-0.25, -0.2) is 4.39 Å². The Morgan fingerprint density at radius 1 is 1.12 bits per heavy atom. The van der Waals surface area contributed by atoms with Crippen molar-refractivity contribution in [3.8, 4) is 0 Å². The molecular weight excluding hydrogens is 376 g/mol. The summed E-state index contributed by atoms with van der Waals surface area (Å²) in [6.07, 6.45) is -0.524. The van der Waals surface area contributed by atoms with Crippen LogP contribution in [0.3, 0.4) is 0 Å². The van der Waals surface area contributed by atoms with Gasteiger partial charge in [0.15, 0.2) is 0 Å². The summed E-state index contributed by atoms with van der Waals surface area (Å²) in [4.78, 5) is 14.3. The summed E-state index contributed by atoms with van der Waals surface area (Å²) >= 11 is 18.0. The van der Waals surface area contributed by atoms with E-state index < -0.39 is 11.9 Å². The molecule has 1 heterocycles. The molecule has 3 nitrogen and oxygen atoms in total. The minimum absolute atomic E-state index is 0.0523. The normalized spacial score (nSPS) is 17.8. The van der Waals surface area contributed by atoms with Crippen LogP contribution in [0, 0.1) is 5.82 Å². The van der Waals surface area contributed by atoms with Crippen LogP contribution in [0.5, 0.6) is 0 Å². The highest BCUT2D eigenvalue weighted by Gasteiger charge is 2.28. The molecule has 0 aromatic heterocycles. The number of benzene rings is 2. The van der Waals surface area contributed by atoms with E-state index in [1.807, 2.05) is 0 Å². The van der Waals surface area contributed by atoms with E-state index in [0.29, 0.717) is 34.3 Å². The van der Waals surface area contributed by atoms with E-state index in [1.165, 1.54) is 12.1 Å². The van der Waals surface area contributed by atoms with Gasteiger partial charge in [-0.15, -0.1) is 0 Å². The molecule has 0 N–H and O–H groups in total. The van der Waals surface area contributed by atoms with Crippen molar-refractivity contribution in [2.75, 3.05) is 19.7 Å². The molecule has 0 bridgehead atoms. The van der Waals surface area contributed by atoms with Crippen LogP contribution in [-0.2, 0) is 4.74 Å². The van der Waals surface area contributed by atoms with Gasteiger partial charge in [0.25, 0.3) is 5.91 Å². The SMILES string of the molecule is O=C(c1ccccc1Cl)N1CCOC(c2cc(F)c(Cl)cc2Cl)C1. The van der Waals surface area contributed by atoms with Crippen molar-refractivity contribution in [1.29, 1.82) is 0 Å². The number of carbonyl (C=O) groups excluding carboxylic acids is 1. The quantitative estimate of drug-likeness (QED) is 0.678. The monoisotopic (exact) mass is 387 g/mol. The molecule has 0 radical (unpaired) electrons. The molecule has 1 unspecified atom stereocenters. The lowest BCUT2D eigenvalue weighted by molar-refractivity contribution is -0.0228. The number of rotatable bonds is 2. The van der Waals surface area contributed by atoms with Crippen molar-refractivity contribution < 1.29 is 13.9 Å². The van der Waals surface area contributed by atoms with Gasteiger partial charge in [0.1, 0.15) is 11.9 Å². The second kappa shape index (κ2) is 7.28. The molecule has 1 fully saturated rings. The van der Waals surface area contributed by atoms with Gasteiger partial charge >= 0.3 is 0 Å². The summed E-state index contributed by atoms with van der Waals surface area (Å²) in [6.45, 7) is 1.00. The lowest BCUT2D eigenvalue weighted by atomic mass is 10.1. The molecule has 1 atom stereocenters. The molecular formula is C17H13Cl3FNO2. The summed E-state index contributed by atoms with van der Waals surface area (Å²) in [6, 6.07) is 9.44. The topological polar surface area (TPSA) is 29.5 Å². The average Bonchev–Trinajstić information content (AvgIpc) is 2.58. The standard InChI is InChI=1S/C17H13Cl3FNO2/c18-12-4-2-1-3-10(12)17(23)22-5-6-24-16(9-22)11-7-15(21)14(20)8-13(11)19/h1-4,7-8,16H,5-6,9H2. The van der Waals surface area contributed by atoms with Crippen LogP contribution >= 0.6 is 34.8 Å². The van der Waals surface area contributed by atoms with Crippen LogP contribution in [0.25, 0.3) is 0 Å². The van der Waals surface area contributed by atoms with E-state index in [-0.39, 0.29) is 17.5 Å². The zero-order valence-corrected chi connectivity index (χ0v) is 14.7. The number of amides is 1. The predicted molar refractivity (Wildman–Crippen MR) is 92.5 cm³/mol. The summed E-state index contributed by atoms with van der Waals surface area (Å²) in [5.74, 6) is -0.770. The summed E-state index contributed by atoms with van der Waals surface area (Å²) in [5.41, 5.74) is 0.892. The molecule has 0 aliphatic carbocycles. The number of hydrogen-bond acceptors (Lipinski definition) is 2. The Morgan fingerprint density at radius 3 is 2.62 bits per heavy atom. The van der Waals surface area contributed by atoms with E-state index in [4.69, 9.17) is 39.5 Å². The molecule has 2 aromatic carbocycles. The van der Waals surface area contributed by atoms with E-state index in [0.717, 1.165) is 0 Å². The second-order valence-corrected chi connectivity index (χ2v) is 6.60. The minimum Gasteiger partial charge on any atom is -0.370 e. The van der Waals surface area contributed by atoms with E-state index in [2.05, 4.69) is 0 Å². The lowest BCUT2D eigenvalue weighted by Crippen LogP contribution is -2.42. The van der Waals surface area contributed by atoms with Crippen LogP contribution in [0.2, 0.25) is 15.1 Å². The van der Waals surface area contributed by atoms with Crippen molar-refractivity contribution in [2.24, 2.45) is 0 Å². The largest absolute Gasteiger partial charge is 0.370 e. The fourth-order valence-electron chi connectivity index (χ4n) is 2.61. The summed E-state index contributed by atoms with van der Waals surface area (Å²) < 4.78 is 19.4. The van der Waals surface area contributed by atoms with Gasteiger partial charge in [-0.3, -0.25) is 4.79 Å². The molecule has 1 amide bonds. The molecule has 1 saturated heterocycles. The highest BCUT2D eigenvalue weighted by Crippen LogP contribution is 2.33.